The fourth-order valence-electron chi connectivity index (χ4n) is 2.43. The molecular formula is C17H26O4. The van der Waals surface area contributed by atoms with Gasteiger partial charge in [-0.2, -0.15) is 0 Å². The Morgan fingerprint density at radius 2 is 1.52 bits per heavy atom. The lowest BCUT2D eigenvalue weighted by Crippen LogP contribution is -2.18. The number of hydrogen-bond acceptors (Lipinski definition) is 3. The van der Waals surface area contributed by atoms with Crippen molar-refractivity contribution < 1.29 is 20.1 Å². The first-order valence-electron chi connectivity index (χ1n) is 7.16. The number of rotatable bonds is 3. The van der Waals surface area contributed by atoms with Gasteiger partial charge in [0, 0.05) is 17.5 Å². The molecule has 4 heteroatoms. The van der Waals surface area contributed by atoms with Gasteiger partial charge < -0.3 is 15.3 Å². The van der Waals surface area contributed by atoms with Crippen molar-refractivity contribution in [3.05, 3.63) is 22.8 Å². The van der Waals surface area contributed by atoms with Crippen molar-refractivity contribution >= 4 is 5.97 Å². The van der Waals surface area contributed by atoms with E-state index < -0.39 is 11.4 Å². The minimum absolute atomic E-state index is 0.00856. The van der Waals surface area contributed by atoms with Crippen LogP contribution >= 0.6 is 0 Å². The number of phenolic OH excluding ortho intramolecular Hbond substituents is 2. The van der Waals surface area contributed by atoms with Crippen LogP contribution in [0.15, 0.2) is 6.07 Å². The predicted molar refractivity (Wildman–Crippen MR) is 83.1 cm³/mol. The topological polar surface area (TPSA) is 77.8 Å². The molecule has 4 nitrogen and oxygen atoms in total. The van der Waals surface area contributed by atoms with Crippen LogP contribution in [0.1, 0.15) is 64.7 Å². The molecule has 0 radical (unpaired) electrons. The lowest BCUT2D eigenvalue weighted by atomic mass is 9.77. The van der Waals surface area contributed by atoms with Crippen LogP contribution in [0.4, 0.5) is 0 Å². The van der Waals surface area contributed by atoms with Crippen molar-refractivity contribution in [3.8, 4) is 11.5 Å². The molecule has 3 N–H and O–H groups in total. The minimum Gasteiger partial charge on any atom is -0.507 e. The van der Waals surface area contributed by atoms with Gasteiger partial charge in [-0.1, -0.05) is 41.5 Å². The van der Waals surface area contributed by atoms with E-state index >= 15 is 0 Å². The highest BCUT2D eigenvalue weighted by molar-refractivity contribution is 5.68. The van der Waals surface area contributed by atoms with Gasteiger partial charge in [-0.3, -0.25) is 4.79 Å². The Labute approximate surface area is 126 Å². The van der Waals surface area contributed by atoms with E-state index in [0.29, 0.717) is 11.1 Å². The summed E-state index contributed by atoms with van der Waals surface area (Å²) in [4.78, 5) is 10.8. The van der Waals surface area contributed by atoms with Crippen molar-refractivity contribution in [3.63, 3.8) is 0 Å². The summed E-state index contributed by atoms with van der Waals surface area (Å²) in [6.45, 7) is 11.7. The summed E-state index contributed by atoms with van der Waals surface area (Å²) in [6, 6.07) is 1.73. The molecule has 0 spiro atoms. The molecule has 0 heterocycles. The quantitative estimate of drug-likeness (QED) is 0.794. The number of benzene rings is 1. The molecule has 1 aromatic rings. The van der Waals surface area contributed by atoms with E-state index in [1.807, 2.05) is 41.5 Å². The first-order valence-corrected chi connectivity index (χ1v) is 7.16. The maximum atomic E-state index is 10.8. The van der Waals surface area contributed by atoms with Crippen LogP contribution in [0.25, 0.3) is 0 Å². The summed E-state index contributed by atoms with van der Waals surface area (Å²) < 4.78 is 0. The number of aryl methyl sites for hydroxylation is 1. The van der Waals surface area contributed by atoms with Crippen LogP contribution in [0.2, 0.25) is 0 Å². The predicted octanol–water partition coefficient (Wildman–Crippen LogP) is 3.71. The Morgan fingerprint density at radius 3 is 1.90 bits per heavy atom. The fourth-order valence-corrected chi connectivity index (χ4v) is 2.43. The average molecular weight is 294 g/mol. The van der Waals surface area contributed by atoms with Crippen molar-refractivity contribution in [1.29, 1.82) is 0 Å². The number of phenols is 2. The van der Waals surface area contributed by atoms with Crippen molar-refractivity contribution in [1.82, 2.24) is 0 Å². The molecule has 0 saturated heterocycles. The molecule has 0 aliphatic carbocycles. The van der Waals surface area contributed by atoms with E-state index in [9.17, 15) is 15.0 Å². The molecule has 0 aliphatic heterocycles. The normalized spacial score (nSPS) is 12.5. The van der Waals surface area contributed by atoms with E-state index in [1.165, 1.54) is 0 Å². The van der Waals surface area contributed by atoms with Gasteiger partial charge in [0.15, 0.2) is 0 Å². The first-order chi connectivity index (χ1) is 9.35. The van der Waals surface area contributed by atoms with Gasteiger partial charge in [-0.25, -0.2) is 0 Å². The Morgan fingerprint density at radius 1 is 1.00 bits per heavy atom. The van der Waals surface area contributed by atoms with E-state index in [0.717, 1.165) is 5.56 Å². The Balaban J connectivity index is 3.56. The van der Waals surface area contributed by atoms with Crippen LogP contribution in [0, 0.1) is 0 Å². The molecule has 0 bridgehead atoms. The molecular weight excluding hydrogens is 268 g/mol. The number of carbonyl (C=O) groups is 1. The summed E-state index contributed by atoms with van der Waals surface area (Å²) in [5.74, 6) is -0.794. The third-order valence-corrected chi connectivity index (χ3v) is 3.52. The van der Waals surface area contributed by atoms with Gasteiger partial charge in [0.05, 0.1) is 0 Å². The number of aromatic hydroxyl groups is 2. The molecule has 0 saturated carbocycles. The number of carboxylic acid groups (broad SMARTS) is 1. The zero-order valence-corrected chi connectivity index (χ0v) is 13.7. The molecule has 0 unspecified atom stereocenters. The van der Waals surface area contributed by atoms with Gasteiger partial charge in [0.25, 0.3) is 0 Å². The van der Waals surface area contributed by atoms with Crippen LogP contribution in [-0.2, 0) is 22.0 Å². The zero-order valence-electron chi connectivity index (χ0n) is 13.7. The zero-order chi connectivity index (χ0) is 16.6. The first kappa shape index (κ1) is 17.3. The molecule has 118 valence electrons. The molecule has 1 rings (SSSR count). The second kappa shape index (κ2) is 5.58. The van der Waals surface area contributed by atoms with Gasteiger partial charge in [0.2, 0.25) is 0 Å². The molecule has 0 fully saturated rings. The third-order valence-electron chi connectivity index (χ3n) is 3.52. The maximum Gasteiger partial charge on any atom is 0.303 e. The highest BCUT2D eigenvalue weighted by Gasteiger charge is 2.30. The molecule has 0 atom stereocenters. The monoisotopic (exact) mass is 294 g/mol. The van der Waals surface area contributed by atoms with Crippen LogP contribution < -0.4 is 0 Å². The second-order valence-corrected chi connectivity index (χ2v) is 7.55. The summed E-state index contributed by atoms with van der Waals surface area (Å²) in [5.41, 5.74) is 1.05. The van der Waals surface area contributed by atoms with E-state index in [-0.39, 0.29) is 29.8 Å². The van der Waals surface area contributed by atoms with Crippen LogP contribution in [-0.4, -0.2) is 21.3 Å². The SMILES string of the molecule is CC(C)(C)c1cc(CCC(=O)O)c(O)c(C(C)(C)C)c1O. The number of aliphatic carboxylic acids is 1. The minimum atomic E-state index is -0.905. The molecule has 0 amide bonds. The Hall–Kier alpha value is -1.71. The van der Waals surface area contributed by atoms with Crippen LogP contribution in [0.3, 0.4) is 0 Å². The molecule has 0 aliphatic rings. The second-order valence-electron chi connectivity index (χ2n) is 7.55. The molecule has 0 aromatic heterocycles. The van der Waals surface area contributed by atoms with Gasteiger partial charge >= 0.3 is 5.97 Å². The highest BCUT2D eigenvalue weighted by atomic mass is 16.4. The molecule has 1 aromatic carbocycles. The Bertz CT molecular complexity index is 545. The maximum absolute atomic E-state index is 10.8. The summed E-state index contributed by atoms with van der Waals surface area (Å²) in [7, 11) is 0. The van der Waals surface area contributed by atoms with Gasteiger partial charge in [0.1, 0.15) is 11.5 Å². The van der Waals surface area contributed by atoms with E-state index in [1.54, 1.807) is 6.07 Å². The fraction of sp³-hybridized carbons (Fsp3) is 0.588. The lowest BCUT2D eigenvalue weighted by molar-refractivity contribution is -0.136. The standard InChI is InChI=1S/C17H26O4/c1-16(2,3)11-9-10(7-8-12(18)19)14(20)13(15(11)21)17(4,5)6/h9,20-21H,7-8H2,1-6H3,(H,18,19). The molecule has 21 heavy (non-hydrogen) atoms. The average Bonchev–Trinajstić information content (AvgIpc) is 2.23. The largest absolute Gasteiger partial charge is 0.507 e. The van der Waals surface area contributed by atoms with Gasteiger partial charge in [-0.15, -0.1) is 0 Å². The van der Waals surface area contributed by atoms with E-state index in [4.69, 9.17) is 5.11 Å². The van der Waals surface area contributed by atoms with E-state index in [2.05, 4.69) is 0 Å². The smallest absolute Gasteiger partial charge is 0.303 e. The van der Waals surface area contributed by atoms with Crippen molar-refractivity contribution in [2.24, 2.45) is 0 Å². The lowest BCUT2D eigenvalue weighted by Gasteiger charge is -2.29. The van der Waals surface area contributed by atoms with Gasteiger partial charge in [-0.05, 0) is 28.9 Å². The van der Waals surface area contributed by atoms with Crippen molar-refractivity contribution in [2.75, 3.05) is 0 Å². The Kier molecular flexibility index (Phi) is 4.61. The number of hydrogen-bond donors (Lipinski definition) is 3. The summed E-state index contributed by atoms with van der Waals surface area (Å²) in [5, 5.41) is 29.9. The highest BCUT2D eigenvalue weighted by Crippen LogP contribution is 2.45. The van der Waals surface area contributed by atoms with Crippen molar-refractivity contribution in [2.45, 2.75) is 65.2 Å². The third kappa shape index (κ3) is 3.90. The number of carboxylic acids is 1. The summed E-state index contributed by atoms with van der Waals surface area (Å²) >= 11 is 0. The van der Waals surface area contributed by atoms with Crippen LogP contribution in [0.5, 0.6) is 11.5 Å². The summed E-state index contributed by atoms with van der Waals surface area (Å²) in [6.07, 6.45) is 0.194.